The summed E-state index contributed by atoms with van der Waals surface area (Å²) in [7, 11) is 0. The highest BCUT2D eigenvalue weighted by molar-refractivity contribution is 9.10. The standard InChI is InChI=1S/C22H26BrN3O4/c1-4-15(2)24-22(28)16(3)25(14-17-9-11-19(23)12-10-17)21(27)13-18-7-5-6-8-20(18)26(29)30/h5-12,15-16H,4,13-14H2,1-3H3,(H,24,28)/t15-,16-/m0/s1. The van der Waals surface area contributed by atoms with E-state index in [1.165, 1.54) is 11.0 Å². The maximum atomic E-state index is 13.2. The molecule has 2 amide bonds. The van der Waals surface area contributed by atoms with Gasteiger partial charge in [0.25, 0.3) is 5.69 Å². The summed E-state index contributed by atoms with van der Waals surface area (Å²) in [6.45, 7) is 5.77. The fourth-order valence-electron chi connectivity index (χ4n) is 2.94. The Balaban J connectivity index is 2.29. The summed E-state index contributed by atoms with van der Waals surface area (Å²) >= 11 is 3.39. The normalized spacial score (nSPS) is 12.7. The molecule has 8 heteroatoms. The van der Waals surface area contributed by atoms with Crippen molar-refractivity contribution >= 4 is 33.4 Å². The smallest absolute Gasteiger partial charge is 0.273 e. The lowest BCUT2D eigenvalue weighted by molar-refractivity contribution is -0.385. The fraction of sp³-hybridized carbons (Fsp3) is 0.364. The monoisotopic (exact) mass is 475 g/mol. The summed E-state index contributed by atoms with van der Waals surface area (Å²) < 4.78 is 0.909. The number of nitrogens with one attached hydrogen (secondary N) is 1. The summed E-state index contributed by atoms with van der Waals surface area (Å²) in [4.78, 5) is 38.2. The summed E-state index contributed by atoms with van der Waals surface area (Å²) in [5.74, 6) is -0.601. The number of nitrogens with zero attached hydrogens (tertiary/aromatic N) is 2. The van der Waals surface area contributed by atoms with Crippen molar-refractivity contribution in [2.75, 3.05) is 0 Å². The van der Waals surface area contributed by atoms with Crippen LogP contribution in [0.3, 0.4) is 0 Å². The first-order chi connectivity index (χ1) is 14.2. The predicted molar refractivity (Wildman–Crippen MR) is 119 cm³/mol. The van der Waals surface area contributed by atoms with Gasteiger partial charge in [-0.2, -0.15) is 0 Å². The van der Waals surface area contributed by atoms with Crippen LogP contribution in [0.2, 0.25) is 0 Å². The van der Waals surface area contributed by atoms with Gasteiger partial charge in [0, 0.05) is 28.7 Å². The van der Waals surface area contributed by atoms with Gasteiger partial charge in [-0.3, -0.25) is 19.7 Å². The van der Waals surface area contributed by atoms with E-state index >= 15 is 0 Å². The van der Waals surface area contributed by atoms with Gasteiger partial charge < -0.3 is 10.2 Å². The van der Waals surface area contributed by atoms with Gasteiger partial charge in [0.15, 0.2) is 0 Å². The van der Waals surface area contributed by atoms with Gasteiger partial charge >= 0.3 is 0 Å². The second-order valence-electron chi connectivity index (χ2n) is 7.20. The van der Waals surface area contributed by atoms with E-state index in [4.69, 9.17) is 0 Å². The Morgan fingerprint density at radius 3 is 2.37 bits per heavy atom. The molecular weight excluding hydrogens is 450 g/mol. The van der Waals surface area contributed by atoms with E-state index in [-0.39, 0.29) is 36.5 Å². The summed E-state index contributed by atoms with van der Waals surface area (Å²) in [6, 6.07) is 12.9. The van der Waals surface area contributed by atoms with Crippen molar-refractivity contribution in [3.63, 3.8) is 0 Å². The van der Waals surface area contributed by atoms with Gasteiger partial charge in [0.2, 0.25) is 11.8 Å². The molecule has 0 heterocycles. The minimum absolute atomic E-state index is 0.0141. The topological polar surface area (TPSA) is 92.6 Å². The lowest BCUT2D eigenvalue weighted by Gasteiger charge is -2.29. The fourth-order valence-corrected chi connectivity index (χ4v) is 3.20. The van der Waals surface area contributed by atoms with Crippen LogP contribution in [-0.4, -0.2) is 33.7 Å². The maximum Gasteiger partial charge on any atom is 0.273 e. The number of halogens is 1. The molecular formula is C22H26BrN3O4. The van der Waals surface area contributed by atoms with Crippen LogP contribution in [0.4, 0.5) is 5.69 Å². The summed E-state index contributed by atoms with van der Waals surface area (Å²) in [6.07, 6.45) is 0.615. The Labute approximate surface area is 184 Å². The van der Waals surface area contributed by atoms with Crippen LogP contribution in [-0.2, 0) is 22.6 Å². The van der Waals surface area contributed by atoms with Crippen molar-refractivity contribution < 1.29 is 14.5 Å². The number of para-hydroxylation sites is 1. The molecule has 0 fully saturated rings. The van der Waals surface area contributed by atoms with E-state index in [2.05, 4.69) is 21.2 Å². The summed E-state index contributed by atoms with van der Waals surface area (Å²) in [5.41, 5.74) is 1.08. The Kier molecular flexibility index (Phi) is 8.53. The molecule has 7 nitrogen and oxygen atoms in total. The van der Waals surface area contributed by atoms with Crippen molar-refractivity contribution in [3.05, 3.63) is 74.2 Å². The van der Waals surface area contributed by atoms with E-state index in [1.807, 2.05) is 38.1 Å². The van der Waals surface area contributed by atoms with Crippen LogP contribution in [0.5, 0.6) is 0 Å². The Morgan fingerprint density at radius 1 is 1.13 bits per heavy atom. The van der Waals surface area contributed by atoms with Crippen molar-refractivity contribution in [3.8, 4) is 0 Å². The van der Waals surface area contributed by atoms with E-state index in [0.717, 1.165) is 16.5 Å². The van der Waals surface area contributed by atoms with Crippen LogP contribution in [0.25, 0.3) is 0 Å². The first-order valence-corrected chi connectivity index (χ1v) is 10.6. The van der Waals surface area contributed by atoms with Crippen LogP contribution < -0.4 is 5.32 Å². The maximum absolute atomic E-state index is 13.2. The predicted octanol–water partition coefficient (Wildman–Crippen LogP) is 4.23. The van der Waals surface area contributed by atoms with Crippen molar-refractivity contribution in [2.45, 2.75) is 52.2 Å². The number of rotatable bonds is 9. The number of hydrogen-bond acceptors (Lipinski definition) is 4. The number of amides is 2. The van der Waals surface area contributed by atoms with Gasteiger partial charge in [-0.15, -0.1) is 0 Å². The zero-order chi connectivity index (χ0) is 22.3. The van der Waals surface area contributed by atoms with Gasteiger partial charge in [0.05, 0.1) is 11.3 Å². The minimum atomic E-state index is -0.724. The molecule has 160 valence electrons. The van der Waals surface area contributed by atoms with Crippen molar-refractivity contribution in [1.82, 2.24) is 10.2 Å². The molecule has 2 aromatic carbocycles. The Morgan fingerprint density at radius 2 is 1.77 bits per heavy atom. The molecule has 2 aromatic rings. The Hall–Kier alpha value is -2.74. The number of nitro benzene ring substituents is 1. The number of benzene rings is 2. The molecule has 0 aromatic heterocycles. The molecule has 0 saturated heterocycles. The molecule has 0 saturated carbocycles. The molecule has 0 aliphatic carbocycles. The molecule has 0 aliphatic heterocycles. The molecule has 0 radical (unpaired) electrons. The third-order valence-corrected chi connectivity index (χ3v) is 5.49. The molecule has 2 atom stereocenters. The lowest BCUT2D eigenvalue weighted by Crippen LogP contribution is -2.49. The van der Waals surface area contributed by atoms with Crippen LogP contribution >= 0.6 is 15.9 Å². The third kappa shape index (κ3) is 6.38. The minimum Gasteiger partial charge on any atom is -0.352 e. The highest BCUT2D eigenvalue weighted by Crippen LogP contribution is 2.21. The average molecular weight is 476 g/mol. The van der Waals surface area contributed by atoms with E-state index in [9.17, 15) is 19.7 Å². The molecule has 1 N–H and O–H groups in total. The first kappa shape index (κ1) is 23.5. The lowest BCUT2D eigenvalue weighted by atomic mass is 10.1. The van der Waals surface area contributed by atoms with Crippen LogP contribution in [0.15, 0.2) is 53.0 Å². The number of nitro groups is 1. The SMILES string of the molecule is CC[C@H](C)NC(=O)[C@H](C)N(Cc1ccc(Br)cc1)C(=O)Cc1ccccc1[N+](=O)[O-]. The highest BCUT2D eigenvalue weighted by Gasteiger charge is 2.28. The van der Waals surface area contributed by atoms with E-state index in [1.54, 1.807) is 25.1 Å². The Bertz CT molecular complexity index is 902. The van der Waals surface area contributed by atoms with Crippen LogP contribution in [0, 0.1) is 10.1 Å². The first-order valence-electron chi connectivity index (χ1n) is 9.79. The van der Waals surface area contributed by atoms with Crippen LogP contribution in [0.1, 0.15) is 38.3 Å². The molecule has 0 unspecified atom stereocenters. The molecule has 0 aliphatic rings. The second kappa shape index (κ2) is 10.9. The molecule has 0 bridgehead atoms. The average Bonchev–Trinajstić information content (AvgIpc) is 2.72. The third-order valence-electron chi connectivity index (χ3n) is 4.96. The highest BCUT2D eigenvalue weighted by atomic mass is 79.9. The van der Waals surface area contributed by atoms with Gasteiger partial charge in [-0.1, -0.05) is 53.2 Å². The quantitative estimate of drug-likeness (QED) is 0.433. The molecule has 0 spiro atoms. The van der Waals surface area contributed by atoms with Crippen molar-refractivity contribution in [1.29, 1.82) is 0 Å². The number of carbonyl (C=O) groups is 2. The van der Waals surface area contributed by atoms with Gasteiger partial charge in [0.1, 0.15) is 6.04 Å². The summed E-state index contributed by atoms with van der Waals surface area (Å²) in [5, 5.41) is 14.2. The zero-order valence-corrected chi connectivity index (χ0v) is 18.9. The van der Waals surface area contributed by atoms with E-state index < -0.39 is 11.0 Å². The molecule has 2 rings (SSSR count). The number of carbonyl (C=O) groups excluding carboxylic acids is 2. The second-order valence-corrected chi connectivity index (χ2v) is 8.12. The van der Waals surface area contributed by atoms with Crippen molar-refractivity contribution in [2.24, 2.45) is 0 Å². The number of hydrogen-bond donors (Lipinski definition) is 1. The van der Waals surface area contributed by atoms with E-state index in [0.29, 0.717) is 5.56 Å². The van der Waals surface area contributed by atoms with Gasteiger partial charge in [-0.05, 0) is 38.0 Å². The molecule has 30 heavy (non-hydrogen) atoms. The largest absolute Gasteiger partial charge is 0.352 e. The van der Waals surface area contributed by atoms with Gasteiger partial charge in [-0.25, -0.2) is 0 Å². The zero-order valence-electron chi connectivity index (χ0n) is 17.3.